The Bertz CT molecular complexity index is 1090. The first kappa shape index (κ1) is 27.5. The number of benzene rings is 2. The first-order valence-corrected chi connectivity index (χ1v) is 12.9. The van der Waals surface area contributed by atoms with Crippen LogP contribution in [0.4, 0.5) is 11.4 Å². The number of carboxylic acid groups (broad SMARTS) is 1. The van der Waals surface area contributed by atoms with Gasteiger partial charge in [0.15, 0.2) is 5.78 Å². The molecule has 0 aromatic heterocycles. The quantitative estimate of drug-likeness (QED) is 0.342. The van der Waals surface area contributed by atoms with Crippen LogP contribution in [0, 0.1) is 5.92 Å². The van der Waals surface area contributed by atoms with Crippen molar-refractivity contribution >= 4 is 29.2 Å². The van der Waals surface area contributed by atoms with Crippen LogP contribution in [0.1, 0.15) is 72.9 Å². The molecule has 1 heterocycles. The molecule has 0 saturated carbocycles. The van der Waals surface area contributed by atoms with Crippen molar-refractivity contribution in [3.63, 3.8) is 0 Å². The number of rotatable bonds is 9. The second-order valence-corrected chi connectivity index (χ2v) is 11.2. The second-order valence-electron chi connectivity index (χ2n) is 11.2. The van der Waals surface area contributed by atoms with Crippen LogP contribution in [0.25, 0.3) is 6.08 Å². The largest absolute Gasteiger partial charge is 0.478 e. The molecule has 0 unspecified atom stereocenters. The van der Waals surface area contributed by atoms with Gasteiger partial charge in [0.1, 0.15) is 0 Å². The monoisotopic (exact) mass is 491 g/mol. The molecule has 2 N–H and O–H groups in total. The summed E-state index contributed by atoms with van der Waals surface area (Å²) < 4.78 is 0. The van der Waals surface area contributed by atoms with Gasteiger partial charge in [-0.25, -0.2) is 4.79 Å². The first-order valence-electron chi connectivity index (χ1n) is 12.9. The summed E-state index contributed by atoms with van der Waals surface area (Å²) >= 11 is 0. The van der Waals surface area contributed by atoms with Gasteiger partial charge in [0.2, 0.25) is 0 Å². The molecule has 2 aromatic rings. The van der Waals surface area contributed by atoms with Gasteiger partial charge < -0.3 is 20.2 Å². The number of piperazine rings is 1. The lowest BCUT2D eigenvalue weighted by molar-refractivity contribution is 0.0696. The number of carbonyl (C=O) groups excluding carboxylic acids is 1. The predicted octanol–water partition coefficient (Wildman–Crippen LogP) is 5.79. The minimum atomic E-state index is -0.963. The van der Waals surface area contributed by atoms with E-state index in [2.05, 4.69) is 56.8 Å². The Kier molecular flexibility index (Phi) is 8.96. The summed E-state index contributed by atoms with van der Waals surface area (Å²) in [5, 5.41) is 12.8. The fourth-order valence-electron chi connectivity index (χ4n) is 4.33. The molecule has 36 heavy (non-hydrogen) atoms. The minimum absolute atomic E-state index is 0.0630. The highest BCUT2D eigenvalue weighted by atomic mass is 16.4. The van der Waals surface area contributed by atoms with Crippen molar-refractivity contribution in [2.75, 3.05) is 50.0 Å². The highest BCUT2D eigenvalue weighted by Crippen LogP contribution is 2.39. The molecule has 1 aliphatic rings. The Morgan fingerprint density at radius 1 is 1.03 bits per heavy atom. The van der Waals surface area contributed by atoms with E-state index >= 15 is 0 Å². The van der Waals surface area contributed by atoms with E-state index in [-0.39, 0.29) is 16.8 Å². The van der Waals surface area contributed by atoms with Gasteiger partial charge in [-0.15, -0.1) is 0 Å². The molecule has 0 radical (unpaired) electrons. The first-order chi connectivity index (χ1) is 17.0. The van der Waals surface area contributed by atoms with Crippen LogP contribution in [0.5, 0.6) is 0 Å². The summed E-state index contributed by atoms with van der Waals surface area (Å²) in [7, 11) is 2.15. The van der Waals surface area contributed by atoms with Gasteiger partial charge in [0, 0.05) is 38.3 Å². The third kappa shape index (κ3) is 7.20. The molecule has 1 aliphatic heterocycles. The van der Waals surface area contributed by atoms with Gasteiger partial charge in [0.25, 0.3) is 0 Å². The summed E-state index contributed by atoms with van der Waals surface area (Å²) in [6.07, 6.45) is 4.40. The number of hydrogen-bond acceptors (Lipinski definition) is 5. The number of nitrogens with one attached hydrogen (secondary N) is 1. The fraction of sp³-hybridized carbons (Fsp3) is 0.467. The summed E-state index contributed by atoms with van der Waals surface area (Å²) in [5.74, 6) is -0.417. The maximum absolute atomic E-state index is 13.3. The van der Waals surface area contributed by atoms with Gasteiger partial charge in [-0.2, -0.15) is 0 Å². The normalized spacial score (nSPS) is 15.0. The maximum Gasteiger partial charge on any atom is 0.335 e. The number of hydrogen-bond donors (Lipinski definition) is 2. The smallest absolute Gasteiger partial charge is 0.335 e. The van der Waals surface area contributed by atoms with Crippen molar-refractivity contribution in [2.45, 2.75) is 46.5 Å². The van der Waals surface area contributed by atoms with Gasteiger partial charge in [-0.05, 0) is 66.3 Å². The third-order valence-corrected chi connectivity index (χ3v) is 6.66. The van der Waals surface area contributed by atoms with E-state index < -0.39 is 5.97 Å². The predicted molar refractivity (Wildman–Crippen MR) is 150 cm³/mol. The molecule has 194 valence electrons. The van der Waals surface area contributed by atoms with Crippen molar-refractivity contribution in [1.82, 2.24) is 4.90 Å². The van der Waals surface area contributed by atoms with Gasteiger partial charge in [-0.1, -0.05) is 52.8 Å². The molecule has 0 bridgehead atoms. The molecule has 6 nitrogen and oxygen atoms in total. The number of ketones is 1. The average Bonchev–Trinajstić information content (AvgIpc) is 2.82. The van der Waals surface area contributed by atoms with E-state index in [1.807, 2.05) is 12.1 Å². The second kappa shape index (κ2) is 11.7. The Morgan fingerprint density at radius 2 is 1.67 bits per heavy atom. The van der Waals surface area contributed by atoms with Gasteiger partial charge in [0.05, 0.1) is 16.9 Å². The molecule has 0 spiro atoms. The summed E-state index contributed by atoms with van der Waals surface area (Å²) in [6.45, 7) is 15.7. The van der Waals surface area contributed by atoms with Crippen molar-refractivity contribution in [3.05, 3.63) is 64.7 Å². The van der Waals surface area contributed by atoms with Crippen molar-refractivity contribution < 1.29 is 14.7 Å². The lowest BCUT2D eigenvalue weighted by atomic mass is 9.83. The molecule has 0 atom stereocenters. The molecular formula is C30H41N3O3. The molecule has 2 aromatic carbocycles. The minimum Gasteiger partial charge on any atom is -0.478 e. The van der Waals surface area contributed by atoms with Crippen LogP contribution in [-0.2, 0) is 5.41 Å². The van der Waals surface area contributed by atoms with E-state index in [0.29, 0.717) is 11.5 Å². The Balaban J connectivity index is 1.99. The Labute approximate surface area is 216 Å². The average molecular weight is 492 g/mol. The topological polar surface area (TPSA) is 72.9 Å². The van der Waals surface area contributed by atoms with E-state index in [9.17, 15) is 9.59 Å². The molecule has 0 aliphatic carbocycles. The Hall–Kier alpha value is -3.12. The van der Waals surface area contributed by atoms with Gasteiger partial charge in [-0.3, -0.25) is 4.79 Å². The lowest BCUT2D eigenvalue weighted by Gasteiger charge is -2.37. The SMILES string of the molecule is CC(C)CCNc1c(N2CCN(C)CC2)cc(C(=O)C=Cc2ccc(C(=O)O)cc2)cc1C(C)(C)C. The van der Waals surface area contributed by atoms with Crippen molar-refractivity contribution in [2.24, 2.45) is 5.92 Å². The number of allylic oxidation sites excluding steroid dienone is 1. The number of carbonyl (C=O) groups is 2. The number of anilines is 2. The zero-order chi connectivity index (χ0) is 26.5. The summed E-state index contributed by atoms with van der Waals surface area (Å²) in [4.78, 5) is 29.2. The molecule has 1 fully saturated rings. The highest BCUT2D eigenvalue weighted by molar-refractivity contribution is 6.08. The molecule has 3 rings (SSSR count). The summed E-state index contributed by atoms with van der Waals surface area (Å²) in [6, 6.07) is 10.6. The van der Waals surface area contributed by atoms with Crippen LogP contribution < -0.4 is 10.2 Å². The Morgan fingerprint density at radius 3 is 2.22 bits per heavy atom. The zero-order valence-electron chi connectivity index (χ0n) is 22.6. The lowest BCUT2D eigenvalue weighted by Crippen LogP contribution is -2.45. The maximum atomic E-state index is 13.3. The van der Waals surface area contributed by atoms with Crippen molar-refractivity contribution in [1.29, 1.82) is 0 Å². The number of likely N-dealkylation sites (N-methyl/N-ethyl adjacent to an activating group) is 1. The fourth-order valence-corrected chi connectivity index (χ4v) is 4.33. The van der Waals surface area contributed by atoms with Crippen LogP contribution in [-0.4, -0.2) is 61.5 Å². The molecular weight excluding hydrogens is 450 g/mol. The van der Waals surface area contributed by atoms with Crippen LogP contribution >= 0.6 is 0 Å². The van der Waals surface area contributed by atoms with E-state index in [0.717, 1.165) is 61.6 Å². The number of aromatic carboxylic acids is 1. The van der Waals surface area contributed by atoms with Crippen LogP contribution in [0.15, 0.2) is 42.5 Å². The molecule has 6 heteroatoms. The van der Waals surface area contributed by atoms with Crippen molar-refractivity contribution in [3.8, 4) is 0 Å². The highest BCUT2D eigenvalue weighted by Gasteiger charge is 2.26. The summed E-state index contributed by atoms with van der Waals surface area (Å²) in [5.41, 5.74) is 4.92. The van der Waals surface area contributed by atoms with E-state index in [1.54, 1.807) is 36.4 Å². The van der Waals surface area contributed by atoms with E-state index in [4.69, 9.17) is 5.11 Å². The van der Waals surface area contributed by atoms with Crippen LogP contribution in [0.2, 0.25) is 0 Å². The number of carboxylic acids is 1. The standard InChI is InChI=1S/C30H41N3O3/c1-21(2)13-14-31-28-25(30(3,4)5)19-24(20-26(28)33-17-15-32(6)16-18-33)27(34)12-9-22-7-10-23(11-8-22)29(35)36/h7-12,19-21,31H,13-18H2,1-6H3,(H,35,36). The van der Waals surface area contributed by atoms with Gasteiger partial charge >= 0.3 is 5.97 Å². The third-order valence-electron chi connectivity index (χ3n) is 6.66. The number of nitrogens with zero attached hydrogens (tertiary/aromatic N) is 2. The van der Waals surface area contributed by atoms with E-state index in [1.165, 1.54) is 0 Å². The molecule has 1 saturated heterocycles. The zero-order valence-corrected chi connectivity index (χ0v) is 22.6. The molecule has 0 amide bonds. The van der Waals surface area contributed by atoms with Crippen LogP contribution in [0.3, 0.4) is 0 Å².